The Morgan fingerprint density at radius 3 is 2.64 bits per heavy atom. The molecule has 5 heteroatoms. The van der Waals surface area contributed by atoms with Gasteiger partial charge in [0.05, 0.1) is 7.11 Å². The van der Waals surface area contributed by atoms with Crippen molar-refractivity contribution < 1.29 is 4.74 Å². The summed E-state index contributed by atoms with van der Waals surface area (Å²) in [6.07, 6.45) is 1.11. The number of rotatable bonds is 7. The van der Waals surface area contributed by atoms with Gasteiger partial charge in [0.2, 0.25) is 0 Å². The summed E-state index contributed by atoms with van der Waals surface area (Å²) in [4.78, 5) is 8.84. The first-order chi connectivity index (χ1) is 10.6. The van der Waals surface area contributed by atoms with Gasteiger partial charge in [0.1, 0.15) is 23.2 Å². The van der Waals surface area contributed by atoms with Crippen LogP contribution in [0, 0.1) is 12.8 Å². The quantitative estimate of drug-likeness (QED) is 0.809. The van der Waals surface area contributed by atoms with Crippen molar-refractivity contribution in [2.24, 2.45) is 5.92 Å². The number of nitrogens with one attached hydrogen (secondary N) is 2. The molecule has 2 N–H and O–H groups in total. The van der Waals surface area contributed by atoms with E-state index in [1.165, 1.54) is 0 Å². The van der Waals surface area contributed by atoms with E-state index in [4.69, 9.17) is 4.74 Å². The van der Waals surface area contributed by atoms with Crippen LogP contribution < -0.4 is 15.4 Å². The maximum absolute atomic E-state index is 5.23. The molecule has 0 amide bonds. The lowest BCUT2D eigenvalue weighted by atomic mass is 10.1. The lowest BCUT2D eigenvalue weighted by Crippen LogP contribution is -2.08. The van der Waals surface area contributed by atoms with Gasteiger partial charge in [-0.1, -0.05) is 19.9 Å². The third-order valence-corrected chi connectivity index (χ3v) is 3.21. The minimum absolute atomic E-state index is 0.671. The molecular weight excluding hydrogens is 276 g/mol. The highest BCUT2D eigenvalue weighted by molar-refractivity contribution is 5.60. The van der Waals surface area contributed by atoms with E-state index in [0.717, 1.165) is 41.9 Å². The molecule has 0 atom stereocenters. The molecule has 0 spiro atoms. The van der Waals surface area contributed by atoms with Crippen LogP contribution in [0.2, 0.25) is 0 Å². The minimum Gasteiger partial charge on any atom is -0.497 e. The SMILES string of the molecule is COc1cccc(Nc2cc(NCCC(C)C)nc(C)n2)c1. The lowest BCUT2D eigenvalue weighted by Gasteiger charge is -2.11. The first-order valence-electron chi connectivity index (χ1n) is 7.57. The molecule has 0 aliphatic carbocycles. The van der Waals surface area contributed by atoms with Crippen LogP contribution in [0.3, 0.4) is 0 Å². The normalized spacial score (nSPS) is 10.6. The van der Waals surface area contributed by atoms with Crippen molar-refractivity contribution in [3.63, 3.8) is 0 Å². The van der Waals surface area contributed by atoms with Crippen molar-refractivity contribution in [2.75, 3.05) is 24.3 Å². The second-order valence-corrected chi connectivity index (χ2v) is 5.65. The van der Waals surface area contributed by atoms with Crippen LogP contribution in [-0.2, 0) is 0 Å². The second-order valence-electron chi connectivity index (χ2n) is 5.65. The molecule has 2 rings (SSSR count). The lowest BCUT2D eigenvalue weighted by molar-refractivity contribution is 0.415. The van der Waals surface area contributed by atoms with Gasteiger partial charge in [0, 0.05) is 24.4 Å². The molecule has 0 saturated heterocycles. The molecule has 0 fully saturated rings. The van der Waals surface area contributed by atoms with Gasteiger partial charge in [-0.3, -0.25) is 0 Å². The zero-order chi connectivity index (χ0) is 15.9. The highest BCUT2D eigenvalue weighted by Gasteiger charge is 2.04. The smallest absolute Gasteiger partial charge is 0.136 e. The Balaban J connectivity index is 2.08. The Morgan fingerprint density at radius 2 is 1.91 bits per heavy atom. The summed E-state index contributed by atoms with van der Waals surface area (Å²) < 4.78 is 5.23. The highest BCUT2D eigenvalue weighted by atomic mass is 16.5. The van der Waals surface area contributed by atoms with Gasteiger partial charge in [-0.2, -0.15) is 0 Å². The van der Waals surface area contributed by atoms with Crippen LogP contribution in [0.25, 0.3) is 0 Å². The number of benzene rings is 1. The molecule has 1 aromatic carbocycles. The topological polar surface area (TPSA) is 59.1 Å². The number of ether oxygens (including phenoxy) is 1. The van der Waals surface area contributed by atoms with Crippen LogP contribution in [-0.4, -0.2) is 23.6 Å². The van der Waals surface area contributed by atoms with Crippen LogP contribution in [0.5, 0.6) is 5.75 Å². The van der Waals surface area contributed by atoms with E-state index >= 15 is 0 Å². The Labute approximate surface area is 132 Å². The largest absolute Gasteiger partial charge is 0.497 e. The van der Waals surface area contributed by atoms with Gasteiger partial charge in [0.25, 0.3) is 0 Å². The zero-order valence-electron chi connectivity index (χ0n) is 13.7. The third kappa shape index (κ3) is 4.91. The van der Waals surface area contributed by atoms with Crippen molar-refractivity contribution in [1.29, 1.82) is 0 Å². The summed E-state index contributed by atoms with van der Waals surface area (Å²) in [5.74, 6) is 3.84. The second kappa shape index (κ2) is 7.64. The average molecular weight is 300 g/mol. The number of anilines is 3. The molecule has 0 bridgehead atoms. The van der Waals surface area contributed by atoms with E-state index in [2.05, 4.69) is 34.4 Å². The Hall–Kier alpha value is -2.30. The van der Waals surface area contributed by atoms with Crippen LogP contribution in [0.15, 0.2) is 30.3 Å². The molecule has 1 aromatic heterocycles. The molecule has 0 unspecified atom stereocenters. The van der Waals surface area contributed by atoms with E-state index in [9.17, 15) is 0 Å². The molecule has 0 radical (unpaired) electrons. The molecule has 22 heavy (non-hydrogen) atoms. The summed E-state index contributed by atoms with van der Waals surface area (Å²) in [5, 5.41) is 6.64. The van der Waals surface area contributed by atoms with Gasteiger partial charge in [-0.15, -0.1) is 0 Å². The van der Waals surface area contributed by atoms with E-state index < -0.39 is 0 Å². The van der Waals surface area contributed by atoms with Crippen LogP contribution in [0.4, 0.5) is 17.3 Å². The van der Waals surface area contributed by atoms with E-state index in [0.29, 0.717) is 5.92 Å². The van der Waals surface area contributed by atoms with Crippen LogP contribution >= 0.6 is 0 Å². The molecule has 0 aliphatic rings. The number of hydrogen-bond acceptors (Lipinski definition) is 5. The monoisotopic (exact) mass is 300 g/mol. The number of aromatic nitrogens is 2. The molecular formula is C17H24N4O. The summed E-state index contributed by atoms with van der Waals surface area (Å²) in [7, 11) is 1.66. The van der Waals surface area contributed by atoms with Crippen molar-refractivity contribution in [2.45, 2.75) is 27.2 Å². The van der Waals surface area contributed by atoms with Crippen molar-refractivity contribution in [3.8, 4) is 5.75 Å². The fourth-order valence-corrected chi connectivity index (χ4v) is 2.06. The first kappa shape index (κ1) is 16.1. The molecule has 1 heterocycles. The molecule has 2 aromatic rings. The standard InChI is InChI=1S/C17H24N4O/c1-12(2)8-9-18-16-11-17(20-13(3)19-16)21-14-6-5-7-15(10-14)22-4/h5-7,10-12H,8-9H2,1-4H3,(H2,18,19,20,21). The maximum atomic E-state index is 5.23. The number of methoxy groups -OCH3 is 1. The number of hydrogen-bond donors (Lipinski definition) is 2. The fraction of sp³-hybridized carbons (Fsp3) is 0.412. The maximum Gasteiger partial charge on any atom is 0.136 e. The predicted molar refractivity (Wildman–Crippen MR) is 91.0 cm³/mol. The third-order valence-electron chi connectivity index (χ3n) is 3.21. The molecule has 5 nitrogen and oxygen atoms in total. The molecule has 118 valence electrons. The van der Waals surface area contributed by atoms with Crippen molar-refractivity contribution in [1.82, 2.24) is 9.97 Å². The Bertz CT molecular complexity index is 613. The first-order valence-corrected chi connectivity index (χ1v) is 7.57. The van der Waals surface area contributed by atoms with Crippen molar-refractivity contribution in [3.05, 3.63) is 36.2 Å². The predicted octanol–water partition coefficient (Wildman–Crippen LogP) is 4.00. The fourth-order valence-electron chi connectivity index (χ4n) is 2.06. The highest BCUT2D eigenvalue weighted by Crippen LogP contribution is 2.21. The minimum atomic E-state index is 0.671. The van der Waals surface area contributed by atoms with Crippen LogP contribution in [0.1, 0.15) is 26.1 Å². The average Bonchev–Trinajstić information content (AvgIpc) is 2.46. The van der Waals surface area contributed by atoms with E-state index in [1.807, 2.05) is 37.3 Å². The summed E-state index contributed by atoms with van der Waals surface area (Å²) in [6, 6.07) is 9.69. The summed E-state index contributed by atoms with van der Waals surface area (Å²) in [5.41, 5.74) is 0.936. The number of nitrogens with zero attached hydrogens (tertiary/aromatic N) is 2. The van der Waals surface area contributed by atoms with Crippen molar-refractivity contribution >= 4 is 17.3 Å². The summed E-state index contributed by atoms with van der Waals surface area (Å²) in [6.45, 7) is 7.22. The Kier molecular flexibility index (Phi) is 5.58. The van der Waals surface area contributed by atoms with E-state index in [1.54, 1.807) is 7.11 Å². The van der Waals surface area contributed by atoms with Gasteiger partial charge in [-0.25, -0.2) is 9.97 Å². The van der Waals surface area contributed by atoms with E-state index in [-0.39, 0.29) is 0 Å². The van der Waals surface area contributed by atoms with Gasteiger partial charge >= 0.3 is 0 Å². The Morgan fingerprint density at radius 1 is 1.14 bits per heavy atom. The molecule has 0 saturated carbocycles. The van der Waals surface area contributed by atoms with Gasteiger partial charge in [-0.05, 0) is 31.4 Å². The zero-order valence-corrected chi connectivity index (χ0v) is 13.7. The van der Waals surface area contributed by atoms with Gasteiger partial charge in [0.15, 0.2) is 0 Å². The molecule has 0 aliphatic heterocycles. The number of aryl methyl sites for hydroxylation is 1. The summed E-state index contributed by atoms with van der Waals surface area (Å²) >= 11 is 0. The van der Waals surface area contributed by atoms with Gasteiger partial charge < -0.3 is 15.4 Å².